The Balaban J connectivity index is 1.46. The zero-order valence-electron chi connectivity index (χ0n) is 18.5. The van der Waals surface area contributed by atoms with Crippen LogP contribution in [0.3, 0.4) is 0 Å². The molecule has 11 heteroatoms. The Hall–Kier alpha value is -4.31. The third-order valence-electron chi connectivity index (χ3n) is 6.03. The topological polar surface area (TPSA) is 127 Å². The number of non-ortho nitro benzene ring substituents is 1. The molecule has 0 bridgehead atoms. The zero-order chi connectivity index (χ0) is 24.5. The number of benzene rings is 3. The van der Waals surface area contributed by atoms with Gasteiger partial charge in [-0.3, -0.25) is 14.9 Å². The number of rotatable bonds is 5. The Morgan fingerprint density at radius 3 is 2.29 bits per heavy atom. The summed E-state index contributed by atoms with van der Waals surface area (Å²) in [5, 5.41) is 14.1. The molecule has 0 atom stereocenters. The molecular formula is C24H21ClN6O4. The number of fused-ring (bicyclic) bond motifs is 1. The first-order valence-corrected chi connectivity index (χ1v) is 11.3. The fraction of sp³-hybridized carbons (Fsp3) is 0.167. The molecular weight excluding hydrogens is 472 g/mol. The Bertz CT molecular complexity index is 1470. The van der Waals surface area contributed by atoms with E-state index >= 15 is 0 Å². The van der Waals surface area contributed by atoms with Crippen molar-refractivity contribution in [3.05, 3.63) is 91.8 Å². The number of anilines is 3. The van der Waals surface area contributed by atoms with E-state index in [0.29, 0.717) is 29.8 Å². The highest BCUT2D eigenvalue weighted by Crippen LogP contribution is 2.32. The van der Waals surface area contributed by atoms with E-state index in [2.05, 4.69) is 37.2 Å². The molecule has 1 saturated heterocycles. The smallest absolute Gasteiger partial charge is 0.323 e. The molecule has 2 heterocycles. The normalized spacial score (nSPS) is 13.7. The number of H-pyrrole nitrogens is 2. The summed E-state index contributed by atoms with van der Waals surface area (Å²) in [6, 6.07) is 17.3. The lowest BCUT2D eigenvalue weighted by molar-refractivity contribution is -0.384. The van der Waals surface area contributed by atoms with E-state index < -0.39 is 10.8 Å². The summed E-state index contributed by atoms with van der Waals surface area (Å²) in [5.41, 5.74) is 2.88. The van der Waals surface area contributed by atoms with Crippen molar-refractivity contribution in [1.82, 2.24) is 9.97 Å². The maximum absolute atomic E-state index is 13.1. The monoisotopic (exact) mass is 492 g/mol. The van der Waals surface area contributed by atoms with E-state index in [1.54, 1.807) is 6.07 Å². The molecule has 0 unspecified atom stereocenters. The maximum Gasteiger partial charge on any atom is 0.323 e. The number of imidazole rings is 1. The highest BCUT2D eigenvalue weighted by atomic mass is 35.5. The van der Waals surface area contributed by atoms with Gasteiger partial charge in [-0.05, 0) is 30.3 Å². The van der Waals surface area contributed by atoms with Gasteiger partial charge in [0.2, 0.25) is 0 Å². The average molecular weight is 493 g/mol. The summed E-state index contributed by atoms with van der Waals surface area (Å²) in [6.45, 7) is 2.93. The number of hydrogen-bond donors (Lipinski definition) is 3. The molecule has 1 amide bonds. The van der Waals surface area contributed by atoms with Gasteiger partial charge >= 0.3 is 5.69 Å². The van der Waals surface area contributed by atoms with E-state index in [-0.39, 0.29) is 22.0 Å². The number of nitro groups is 1. The minimum atomic E-state index is -0.583. The van der Waals surface area contributed by atoms with Crippen molar-refractivity contribution in [2.75, 3.05) is 41.3 Å². The number of hydrogen-bond acceptors (Lipinski definition) is 6. The Morgan fingerprint density at radius 1 is 0.943 bits per heavy atom. The van der Waals surface area contributed by atoms with Gasteiger partial charge in [0.25, 0.3) is 11.6 Å². The highest BCUT2D eigenvalue weighted by Gasteiger charge is 2.23. The first-order valence-electron chi connectivity index (χ1n) is 11.0. The van der Waals surface area contributed by atoms with Crippen molar-refractivity contribution < 1.29 is 9.72 Å². The van der Waals surface area contributed by atoms with Crippen molar-refractivity contribution in [3.63, 3.8) is 0 Å². The number of nitro benzene ring substituents is 1. The molecule has 0 spiro atoms. The maximum atomic E-state index is 13.1. The van der Waals surface area contributed by atoms with Gasteiger partial charge in [-0.1, -0.05) is 29.8 Å². The van der Waals surface area contributed by atoms with Crippen LogP contribution >= 0.6 is 11.6 Å². The number of aromatic amines is 2. The fourth-order valence-corrected chi connectivity index (χ4v) is 4.47. The number of piperazine rings is 1. The minimum Gasteiger partial charge on any atom is -0.368 e. The number of carbonyl (C=O) groups is 1. The van der Waals surface area contributed by atoms with Gasteiger partial charge in [-0.15, -0.1) is 0 Å². The second-order valence-electron chi connectivity index (χ2n) is 8.18. The first kappa shape index (κ1) is 22.5. The Labute approximate surface area is 204 Å². The van der Waals surface area contributed by atoms with Crippen LogP contribution in [0.2, 0.25) is 5.02 Å². The standard InChI is InChI=1S/C24H21ClN6O4/c25-18-7-6-16(31(34)35)12-17(18)23(32)26-21-13-19-20(28-24(33)27-19)14-22(21)30-10-8-29(9-11-30)15-4-2-1-3-5-15/h1-7,12-14H,8-11H2,(H,26,32)(H2,27,28,33). The van der Waals surface area contributed by atoms with Gasteiger partial charge < -0.3 is 25.1 Å². The summed E-state index contributed by atoms with van der Waals surface area (Å²) in [6.07, 6.45) is 0. The third-order valence-corrected chi connectivity index (χ3v) is 6.36. The number of carbonyl (C=O) groups excluding carboxylic acids is 1. The summed E-state index contributed by atoms with van der Waals surface area (Å²) in [5.74, 6) is -0.583. The van der Waals surface area contributed by atoms with Gasteiger partial charge in [0.1, 0.15) is 0 Å². The van der Waals surface area contributed by atoms with Crippen LogP contribution in [0.15, 0.2) is 65.5 Å². The van der Waals surface area contributed by atoms with Crippen molar-refractivity contribution in [2.24, 2.45) is 0 Å². The molecule has 0 aliphatic carbocycles. The molecule has 4 aromatic rings. The largest absolute Gasteiger partial charge is 0.368 e. The van der Waals surface area contributed by atoms with E-state index in [9.17, 15) is 19.7 Å². The second kappa shape index (κ2) is 9.15. The number of nitrogens with zero attached hydrogens (tertiary/aromatic N) is 3. The van der Waals surface area contributed by atoms with Gasteiger partial charge in [-0.2, -0.15) is 0 Å². The minimum absolute atomic E-state index is 0.0108. The van der Waals surface area contributed by atoms with Crippen LogP contribution in [0, 0.1) is 10.1 Å². The molecule has 1 aliphatic heterocycles. The summed E-state index contributed by atoms with van der Waals surface area (Å²) in [7, 11) is 0. The number of amides is 1. The van der Waals surface area contributed by atoms with Crippen LogP contribution in [-0.4, -0.2) is 47.0 Å². The summed E-state index contributed by atoms with van der Waals surface area (Å²) >= 11 is 6.17. The lowest BCUT2D eigenvalue weighted by Gasteiger charge is -2.38. The molecule has 0 saturated carbocycles. The molecule has 178 valence electrons. The van der Waals surface area contributed by atoms with E-state index in [1.165, 1.54) is 12.1 Å². The Morgan fingerprint density at radius 2 is 1.60 bits per heavy atom. The first-order chi connectivity index (χ1) is 16.9. The fourth-order valence-electron chi connectivity index (χ4n) is 4.27. The van der Waals surface area contributed by atoms with Crippen LogP contribution in [-0.2, 0) is 0 Å². The average Bonchev–Trinajstić information content (AvgIpc) is 3.23. The second-order valence-corrected chi connectivity index (χ2v) is 8.59. The molecule has 3 N–H and O–H groups in total. The predicted molar refractivity (Wildman–Crippen MR) is 136 cm³/mol. The molecule has 35 heavy (non-hydrogen) atoms. The van der Waals surface area contributed by atoms with Crippen molar-refractivity contribution >= 4 is 51.3 Å². The molecule has 3 aromatic carbocycles. The molecule has 0 radical (unpaired) electrons. The molecule has 1 fully saturated rings. The summed E-state index contributed by atoms with van der Waals surface area (Å²) in [4.78, 5) is 45.4. The van der Waals surface area contributed by atoms with Crippen molar-refractivity contribution in [2.45, 2.75) is 0 Å². The quantitative estimate of drug-likeness (QED) is 0.285. The SMILES string of the molecule is O=C(Nc1cc2[nH]c(=O)[nH]c2cc1N1CCN(c2ccccc2)CC1)c1cc([N+](=O)[O-])ccc1Cl. The molecule has 10 nitrogen and oxygen atoms in total. The summed E-state index contributed by atoms with van der Waals surface area (Å²) < 4.78 is 0. The third kappa shape index (κ3) is 4.56. The zero-order valence-corrected chi connectivity index (χ0v) is 19.2. The van der Waals surface area contributed by atoms with Crippen LogP contribution in [0.25, 0.3) is 11.0 Å². The van der Waals surface area contributed by atoms with Crippen LogP contribution in [0.1, 0.15) is 10.4 Å². The van der Waals surface area contributed by atoms with Crippen molar-refractivity contribution in [1.29, 1.82) is 0 Å². The van der Waals surface area contributed by atoms with E-state index in [4.69, 9.17) is 11.6 Å². The number of para-hydroxylation sites is 1. The predicted octanol–water partition coefficient (Wildman–Crippen LogP) is 4.00. The van der Waals surface area contributed by atoms with Crippen molar-refractivity contribution in [3.8, 4) is 0 Å². The van der Waals surface area contributed by atoms with Gasteiger partial charge in [0.05, 0.1) is 37.9 Å². The Kier molecular flexibility index (Phi) is 5.87. The van der Waals surface area contributed by atoms with Crippen LogP contribution < -0.4 is 20.8 Å². The number of nitrogens with one attached hydrogen (secondary N) is 3. The molecule has 1 aliphatic rings. The van der Waals surface area contributed by atoms with E-state index in [1.807, 2.05) is 24.3 Å². The van der Waals surface area contributed by atoms with Gasteiger partial charge in [0.15, 0.2) is 0 Å². The van der Waals surface area contributed by atoms with Crippen LogP contribution in [0.5, 0.6) is 0 Å². The lowest BCUT2D eigenvalue weighted by Crippen LogP contribution is -2.46. The highest BCUT2D eigenvalue weighted by molar-refractivity contribution is 6.34. The number of halogens is 1. The van der Waals surface area contributed by atoms with Gasteiger partial charge in [-0.25, -0.2) is 4.79 Å². The molecule has 1 aromatic heterocycles. The lowest BCUT2D eigenvalue weighted by atomic mass is 10.1. The van der Waals surface area contributed by atoms with Gasteiger partial charge in [0, 0.05) is 44.0 Å². The number of aromatic nitrogens is 2. The van der Waals surface area contributed by atoms with Crippen LogP contribution in [0.4, 0.5) is 22.7 Å². The van der Waals surface area contributed by atoms with E-state index in [0.717, 1.165) is 30.5 Å². The molecule has 5 rings (SSSR count).